The Labute approximate surface area is 134 Å². The fourth-order valence-corrected chi connectivity index (χ4v) is 2.16. The van der Waals surface area contributed by atoms with Crippen molar-refractivity contribution < 1.29 is 4.79 Å². The summed E-state index contributed by atoms with van der Waals surface area (Å²) in [5.41, 5.74) is 2.65. The maximum Gasteiger partial charge on any atom is 0.253 e. The molecule has 0 saturated heterocycles. The second kappa shape index (κ2) is 6.83. The lowest BCUT2D eigenvalue weighted by atomic mass is 10.1. The number of carbonyl (C=O) groups excluding carboxylic acids is 1. The van der Waals surface area contributed by atoms with Crippen LogP contribution >= 0.6 is 23.2 Å². The molecule has 1 amide bonds. The number of rotatable bonds is 4. The average Bonchev–Trinajstić information content (AvgIpc) is 2.48. The third-order valence-corrected chi connectivity index (χ3v) is 3.76. The van der Waals surface area contributed by atoms with Crippen LogP contribution in [-0.2, 0) is 6.54 Å². The van der Waals surface area contributed by atoms with Gasteiger partial charge in [-0.15, -0.1) is 0 Å². The van der Waals surface area contributed by atoms with Crippen LogP contribution in [0.2, 0.25) is 10.0 Å². The first kappa shape index (κ1) is 15.7. The highest BCUT2D eigenvalue weighted by atomic mass is 35.5. The Morgan fingerprint density at radius 3 is 2.29 bits per heavy atom. The summed E-state index contributed by atoms with van der Waals surface area (Å²) in [5.74, 6) is -0.00830. The molecule has 3 nitrogen and oxygen atoms in total. The Hall–Kier alpha value is -1.71. The quantitative estimate of drug-likeness (QED) is 0.909. The summed E-state index contributed by atoms with van der Waals surface area (Å²) in [6, 6.07) is 12.9. The van der Waals surface area contributed by atoms with Crippen LogP contribution in [0.3, 0.4) is 0 Å². The molecule has 2 rings (SSSR count). The van der Waals surface area contributed by atoms with Gasteiger partial charge in [0.25, 0.3) is 5.91 Å². The molecule has 0 saturated carbocycles. The third kappa shape index (κ3) is 4.13. The molecule has 0 fully saturated rings. The number of anilines is 1. The fraction of sp³-hybridized carbons (Fsp3) is 0.188. The fourth-order valence-electron chi connectivity index (χ4n) is 1.84. The number of hydrogen-bond acceptors (Lipinski definition) is 2. The van der Waals surface area contributed by atoms with Gasteiger partial charge in [0.05, 0.1) is 10.0 Å². The van der Waals surface area contributed by atoms with Gasteiger partial charge in [-0.2, -0.15) is 0 Å². The molecule has 0 aliphatic carbocycles. The normalized spacial score (nSPS) is 10.3. The van der Waals surface area contributed by atoms with Crippen molar-refractivity contribution in [3.05, 3.63) is 63.6 Å². The van der Waals surface area contributed by atoms with Gasteiger partial charge in [-0.05, 0) is 42.0 Å². The van der Waals surface area contributed by atoms with Gasteiger partial charge in [-0.25, -0.2) is 0 Å². The van der Waals surface area contributed by atoms with Gasteiger partial charge >= 0.3 is 0 Å². The molecule has 2 aromatic carbocycles. The highest BCUT2D eigenvalue weighted by Gasteiger charge is 2.07. The van der Waals surface area contributed by atoms with Crippen molar-refractivity contribution in [2.45, 2.75) is 6.54 Å². The first-order valence-electron chi connectivity index (χ1n) is 6.47. The summed E-state index contributed by atoms with van der Waals surface area (Å²) < 4.78 is 0. The van der Waals surface area contributed by atoms with Gasteiger partial charge in [-0.3, -0.25) is 4.79 Å². The van der Waals surface area contributed by atoms with Crippen LogP contribution in [0.1, 0.15) is 15.9 Å². The minimum absolute atomic E-state index is 0.00830. The van der Waals surface area contributed by atoms with E-state index >= 15 is 0 Å². The van der Waals surface area contributed by atoms with Crippen molar-refractivity contribution in [1.29, 1.82) is 0 Å². The molecule has 0 unspecified atom stereocenters. The molecule has 0 spiro atoms. The Bertz CT molecular complexity index is 639. The first-order chi connectivity index (χ1) is 9.97. The van der Waals surface area contributed by atoms with E-state index in [0.29, 0.717) is 22.2 Å². The molecule has 0 radical (unpaired) electrons. The zero-order valence-corrected chi connectivity index (χ0v) is 13.4. The van der Waals surface area contributed by atoms with Gasteiger partial charge < -0.3 is 10.2 Å². The van der Waals surface area contributed by atoms with Gasteiger partial charge in [0.15, 0.2) is 0 Å². The number of carbonyl (C=O) groups is 1. The van der Waals surface area contributed by atoms with Crippen LogP contribution in [0.25, 0.3) is 0 Å². The van der Waals surface area contributed by atoms with Crippen molar-refractivity contribution >= 4 is 34.8 Å². The van der Waals surface area contributed by atoms with E-state index in [1.165, 1.54) is 0 Å². The van der Waals surface area contributed by atoms with E-state index in [1.54, 1.807) is 37.2 Å². The lowest BCUT2D eigenvalue weighted by molar-refractivity contribution is 0.0827. The van der Waals surface area contributed by atoms with Crippen LogP contribution in [0, 0.1) is 0 Å². The zero-order valence-electron chi connectivity index (χ0n) is 11.9. The molecule has 21 heavy (non-hydrogen) atoms. The molecule has 0 aliphatic heterocycles. The smallest absolute Gasteiger partial charge is 0.253 e. The summed E-state index contributed by atoms with van der Waals surface area (Å²) in [6.07, 6.45) is 0. The van der Waals surface area contributed by atoms with Gasteiger partial charge in [0, 0.05) is 31.9 Å². The number of nitrogens with one attached hydrogen (secondary N) is 1. The number of hydrogen-bond donors (Lipinski definition) is 1. The highest BCUT2D eigenvalue weighted by molar-refractivity contribution is 6.42. The van der Waals surface area contributed by atoms with Crippen molar-refractivity contribution in [1.82, 2.24) is 4.90 Å². The molecule has 110 valence electrons. The molecule has 0 aliphatic rings. The van der Waals surface area contributed by atoms with E-state index in [4.69, 9.17) is 23.2 Å². The third-order valence-electron chi connectivity index (χ3n) is 3.02. The van der Waals surface area contributed by atoms with Crippen LogP contribution < -0.4 is 5.32 Å². The van der Waals surface area contributed by atoms with E-state index in [2.05, 4.69) is 5.32 Å². The molecule has 1 N–H and O–H groups in total. The SMILES string of the molecule is CN(C)C(=O)c1ccc(NCc2ccc(Cl)c(Cl)c2)cc1. The molecule has 0 heterocycles. The summed E-state index contributed by atoms with van der Waals surface area (Å²) >= 11 is 11.9. The molecule has 0 aromatic heterocycles. The maximum atomic E-state index is 11.8. The van der Waals surface area contributed by atoms with Gasteiger partial charge in [-0.1, -0.05) is 29.3 Å². The van der Waals surface area contributed by atoms with Gasteiger partial charge in [0.2, 0.25) is 0 Å². The standard InChI is InChI=1S/C16H16Cl2N2O/c1-20(2)16(21)12-4-6-13(7-5-12)19-10-11-3-8-14(17)15(18)9-11/h3-9,19H,10H2,1-2H3. The second-order valence-electron chi connectivity index (χ2n) is 4.88. The molecular formula is C16H16Cl2N2O. The van der Waals surface area contributed by atoms with Crippen molar-refractivity contribution in [2.75, 3.05) is 19.4 Å². The molecule has 2 aromatic rings. The average molecular weight is 323 g/mol. The molecule has 0 bridgehead atoms. The Kier molecular flexibility index (Phi) is 5.10. The van der Waals surface area contributed by atoms with Crippen LogP contribution in [-0.4, -0.2) is 24.9 Å². The summed E-state index contributed by atoms with van der Waals surface area (Å²) in [6.45, 7) is 0.637. The lowest BCUT2D eigenvalue weighted by Gasteiger charge is -2.11. The van der Waals surface area contributed by atoms with E-state index in [0.717, 1.165) is 11.3 Å². The summed E-state index contributed by atoms with van der Waals surface area (Å²) in [4.78, 5) is 13.3. The Morgan fingerprint density at radius 1 is 1.05 bits per heavy atom. The van der Waals surface area contributed by atoms with Crippen LogP contribution in [0.5, 0.6) is 0 Å². The van der Waals surface area contributed by atoms with Crippen molar-refractivity contribution in [3.8, 4) is 0 Å². The highest BCUT2D eigenvalue weighted by Crippen LogP contribution is 2.23. The largest absolute Gasteiger partial charge is 0.381 e. The zero-order chi connectivity index (χ0) is 15.4. The van der Waals surface area contributed by atoms with Crippen LogP contribution in [0.4, 0.5) is 5.69 Å². The predicted molar refractivity (Wildman–Crippen MR) is 88.2 cm³/mol. The first-order valence-corrected chi connectivity index (χ1v) is 7.22. The second-order valence-corrected chi connectivity index (χ2v) is 5.69. The number of benzene rings is 2. The van der Waals surface area contributed by atoms with Crippen molar-refractivity contribution in [3.63, 3.8) is 0 Å². The summed E-state index contributed by atoms with van der Waals surface area (Å²) in [7, 11) is 3.47. The minimum Gasteiger partial charge on any atom is -0.381 e. The number of nitrogens with zero attached hydrogens (tertiary/aromatic N) is 1. The predicted octanol–water partition coefficient (Wildman–Crippen LogP) is 4.31. The molecule has 5 heteroatoms. The minimum atomic E-state index is -0.00830. The van der Waals surface area contributed by atoms with E-state index in [1.807, 2.05) is 24.3 Å². The van der Waals surface area contributed by atoms with E-state index < -0.39 is 0 Å². The monoisotopic (exact) mass is 322 g/mol. The molecular weight excluding hydrogens is 307 g/mol. The maximum absolute atomic E-state index is 11.8. The van der Waals surface area contributed by atoms with E-state index in [-0.39, 0.29) is 5.91 Å². The van der Waals surface area contributed by atoms with E-state index in [9.17, 15) is 4.79 Å². The topological polar surface area (TPSA) is 32.3 Å². The Morgan fingerprint density at radius 2 is 1.71 bits per heavy atom. The summed E-state index contributed by atoms with van der Waals surface area (Å²) in [5, 5.41) is 4.37. The van der Waals surface area contributed by atoms with Gasteiger partial charge in [0.1, 0.15) is 0 Å². The lowest BCUT2D eigenvalue weighted by Crippen LogP contribution is -2.21. The molecule has 0 atom stereocenters. The van der Waals surface area contributed by atoms with Crippen LogP contribution in [0.15, 0.2) is 42.5 Å². The van der Waals surface area contributed by atoms with Crippen molar-refractivity contribution in [2.24, 2.45) is 0 Å². The Balaban J connectivity index is 2.00. The number of amides is 1. The number of halogens is 2.